The number of benzene rings is 2. The zero-order valence-electron chi connectivity index (χ0n) is 15.0. The van der Waals surface area contributed by atoms with Crippen LogP contribution in [0.25, 0.3) is 0 Å². The standard InChI is InChI=1S/C19H17ClN4O4/c1-19(10-9-13-5-3-2-4-6-13)17(25)23(18(26)22-19)21-12-14-11-15(24(27)28)7-8-16(14)20/h2-8,11-12H,9-10H2,1H3,(H,22,26)/b21-12-/t19-/m1/s1. The Morgan fingerprint density at radius 2 is 1.96 bits per heavy atom. The van der Waals surface area contributed by atoms with Crippen LogP contribution in [0.2, 0.25) is 5.02 Å². The smallest absolute Gasteiger partial charge is 0.322 e. The third kappa shape index (κ3) is 4.01. The maximum absolute atomic E-state index is 12.7. The molecule has 0 bridgehead atoms. The van der Waals surface area contributed by atoms with Gasteiger partial charge < -0.3 is 5.32 Å². The monoisotopic (exact) mass is 400 g/mol. The minimum atomic E-state index is -1.09. The highest BCUT2D eigenvalue weighted by molar-refractivity contribution is 6.33. The molecule has 3 rings (SSSR count). The van der Waals surface area contributed by atoms with Crippen molar-refractivity contribution in [3.63, 3.8) is 0 Å². The number of hydrazone groups is 1. The van der Waals surface area contributed by atoms with Crippen LogP contribution in [0.1, 0.15) is 24.5 Å². The summed E-state index contributed by atoms with van der Waals surface area (Å²) in [6, 6.07) is 12.8. The number of nitro benzene ring substituents is 1. The molecule has 0 aromatic heterocycles. The molecule has 0 spiro atoms. The lowest BCUT2D eigenvalue weighted by molar-refractivity contribution is -0.384. The van der Waals surface area contributed by atoms with Crippen LogP contribution >= 0.6 is 11.6 Å². The van der Waals surface area contributed by atoms with Gasteiger partial charge in [-0.15, -0.1) is 5.01 Å². The maximum Gasteiger partial charge on any atom is 0.346 e. The van der Waals surface area contributed by atoms with E-state index in [4.69, 9.17) is 11.6 Å². The number of aryl methyl sites for hydroxylation is 1. The van der Waals surface area contributed by atoms with Gasteiger partial charge in [0.25, 0.3) is 11.6 Å². The fraction of sp³-hybridized carbons (Fsp3) is 0.211. The summed E-state index contributed by atoms with van der Waals surface area (Å²) in [5, 5.41) is 18.4. The van der Waals surface area contributed by atoms with E-state index >= 15 is 0 Å². The highest BCUT2D eigenvalue weighted by Gasteiger charge is 2.47. The first-order valence-corrected chi connectivity index (χ1v) is 8.86. The molecule has 144 valence electrons. The SMILES string of the molecule is C[C@]1(CCc2ccccc2)NC(=O)N(/N=C\c2cc([N+](=O)[O-])ccc2Cl)C1=O. The van der Waals surface area contributed by atoms with E-state index < -0.39 is 22.4 Å². The van der Waals surface area contributed by atoms with E-state index in [1.165, 1.54) is 18.2 Å². The molecule has 1 aliphatic rings. The molecule has 1 N–H and O–H groups in total. The first kappa shape index (κ1) is 19.5. The second-order valence-electron chi connectivity index (χ2n) is 6.57. The van der Waals surface area contributed by atoms with Crippen molar-refractivity contribution in [2.45, 2.75) is 25.3 Å². The fourth-order valence-electron chi connectivity index (χ4n) is 2.85. The normalized spacial score (nSPS) is 19.3. The van der Waals surface area contributed by atoms with Gasteiger partial charge in [0.05, 0.1) is 11.1 Å². The summed E-state index contributed by atoms with van der Waals surface area (Å²) in [6.45, 7) is 1.64. The van der Waals surface area contributed by atoms with Crippen molar-refractivity contribution < 1.29 is 14.5 Å². The van der Waals surface area contributed by atoms with E-state index in [9.17, 15) is 19.7 Å². The Balaban J connectivity index is 1.76. The van der Waals surface area contributed by atoms with Gasteiger partial charge in [0.2, 0.25) is 0 Å². The average Bonchev–Trinajstić information content (AvgIpc) is 2.89. The predicted octanol–water partition coefficient (Wildman–Crippen LogP) is 3.53. The topological polar surface area (TPSA) is 105 Å². The van der Waals surface area contributed by atoms with Gasteiger partial charge in [0.1, 0.15) is 5.54 Å². The largest absolute Gasteiger partial charge is 0.346 e. The van der Waals surface area contributed by atoms with Crippen LogP contribution in [0.15, 0.2) is 53.6 Å². The molecular formula is C19H17ClN4O4. The van der Waals surface area contributed by atoms with Crippen LogP contribution in [0, 0.1) is 10.1 Å². The van der Waals surface area contributed by atoms with Gasteiger partial charge in [0.15, 0.2) is 0 Å². The predicted molar refractivity (Wildman–Crippen MR) is 104 cm³/mol. The zero-order valence-corrected chi connectivity index (χ0v) is 15.7. The number of nitrogens with one attached hydrogen (secondary N) is 1. The molecule has 1 atom stereocenters. The number of hydrogen-bond acceptors (Lipinski definition) is 5. The second-order valence-corrected chi connectivity index (χ2v) is 6.98. The molecule has 1 heterocycles. The lowest BCUT2D eigenvalue weighted by atomic mass is 9.93. The number of halogens is 1. The second kappa shape index (κ2) is 7.77. The molecule has 28 heavy (non-hydrogen) atoms. The molecule has 3 amide bonds. The van der Waals surface area contributed by atoms with E-state index in [-0.39, 0.29) is 16.3 Å². The van der Waals surface area contributed by atoms with Crippen LogP contribution in [-0.4, -0.2) is 33.6 Å². The molecule has 8 nitrogen and oxygen atoms in total. The number of non-ortho nitro benzene ring substituents is 1. The van der Waals surface area contributed by atoms with Crippen molar-refractivity contribution in [2.24, 2.45) is 5.10 Å². The van der Waals surface area contributed by atoms with Crippen molar-refractivity contribution in [1.29, 1.82) is 0 Å². The van der Waals surface area contributed by atoms with Gasteiger partial charge in [-0.2, -0.15) is 5.10 Å². The number of carbonyl (C=O) groups is 2. The van der Waals surface area contributed by atoms with Gasteiger partial charge in [-0.05, 0) is 31.4 Å². The van der Waals surface area contributed by atoms with E-state index in [0.717, 1.165) is 16.8 Å². The maximum atomic E-state index is 12.7. The number of urea groups is 1. The van der Waals surface area contributed by atoms with E-state index in [1.807, 2.05) is 30.3 Å². The van der Waals surface area contributed by atoms with E-state index in [1.54, 1.807) is 6.92 Å². The van der Waals surface area contributed by atoms with Crippen molar-refractivity contribution in [1.82, 2.24) is 10.3 Å². The molecule has 1 saturated heterocycles. The minimum absolute atomic E-state index is 0.171. The Morgan fingerprint density at radius 1 is 1.25 bits per heavy atom. The zero-order chi connectivity index (χ0) is 20.3. The Morgan fingerprint density at radius 3 is 2.64 bits per heavy atom. The van der Waals surface area contributed by atoms with Crippen molar-refractivity contribution in [3.05, 3.63) is 74.8 Å². The molecule has 2 aromatic rings. The van der Waals surface area contributed by atoms with Gasteiger partial charge in [-0.3, -0.25) is 14.9 Å². The van der Waals surface area contributed by atoms with Crippen LogP contribution in [-0.2, 0) is 11.2 Å². The molecule has 0 unspecified atom stereocenters. The summed E-state index contributed by atoms with van der Waals surface area (Å²) in [4.78, 5) is 35.3. The number of hydrogen-bond donors (Lipinski definition) is 1. The first-order valence-electron chi connectivity index (χ1n) is 8.49. The van der Waals surface area contributed by atoms with Crippen molar-refractivity contribution in [3.8, 4) is 0 Å². The van der Waals surface area contributed by atoms with Crippen molar-refractivity contribution >= 4 is 35.4 Å². The summed E-state index contributed by atoms with van der Waals surface area (Å²) < 4.78 is 0. The molecule has 0 aliphatic carbocycles. The molecule has 2 aromatic carbocycles. The van der Waals surface area contributed by atoms with Gasteiger partial charge in [-0.1, -0.05) is 41.9 Å². The van der Waals surface area contributed by atoms with Gasteiger partial charge >= 0.3 is 6.03 Å². The number of carbonyl (C=O) groups excluding carboxylic acids is 2. The Hall–Kier alpha value is -3.26. The summed E-state index contributed by atoms with van der Waals surface area (Å²) in [7, 11) is 0. The van der Waals surface area contributed by atoms with Crippen LogP contribution < -0.4 is 5.32 Å². The number of nitro groups is 1. The Labute approximate surface area is 165 Å². The average molecular weight is 401 g/mol. The number of rotatable bonds is 6. The van der Waals surface area contributed by atoms with Gasteiger partial charge in [-0.25, -0.2) is 4.79 Å². The third-order valence-corrected chi connectivity index (χ3v) is 4.84. The first-order chi connectivity index (χ1) is 13.3. The summed E-state index contributed by atoms with van der Waals surface area (Å²) >= 11 is 6.01. The summed E-state index contributed by atoms with van der Waals surface area (Å²) in [5.41, 5.74) is 0.0257. The Kier molecular flexibility index (Phi) is 5.41. The van der Waals surface area contributed by atoms with Crippen LogP contribution in [0.3, 0.4) is 0 Å². The highest BCUT2D eigenvalue weighted by atomic mass is 35.5. The molecular weight excluding hydrogens is 384 g/mol. The fourth-order valence-corrected chi connectivity index (χ4v) is 3.01. The molecule has 1 fully saturated rings. The summed E-state index contributed by atoms with van der Waals surface area (Å²) in [6.07, 6.45) is 2.18. The highest BCUT2D eigenvalue weighted by Crippen LogP contribution is 2.25. The molecule has 0 radical (unpaired) electrons. The molecule has 9 heteroatoms. The molecule has 1 aliphatic heterocycles. The van der Waals surface area contributed by atoms with Crippen LogP contribution in [0.4, 0.5) is 10.5 Å². The van der Waals surface area contributed by atoms with E-state index in [0.29, 0.717) is 12.8 Å². The summed E-state index contributed by atoms with van der Waals surface area (Å²) in [5.74, 6) is -0.494. The van der Waals surface area contributed by atoms with E-state index in [2.05, 4.69) is 10.4 Å². The minimum Gasteiger partial charge on any atom is -0.322 e. The third-order valence-electron chi connectivity index (χ3n) is 4.50. The van der Waals surface area contributed by atoms with Crippen molar-refractivity contribution in [2.75, 3.05) is 0 Å². The number of nitrogens with zero attached hydrogens (tertiary/aromatic N) is 3. The van der Waals surface area contributed by atoms with Gasteiger partial charge in [0, 0.05) is 22.7 Å². The Bertz CT molecular complexity index is 964. The number of amides is 3. The molecule has 0 saturated carbocycles. The van der Waals surface area contributed by atoms with Crippen LogP contribution in [0.5, 0.6) is 0 Å². The lowest BCUT2D eigenvalue weighted by Crippen LogP contribution is -2.44. The quantitative estimate of drug-likeness (QED) is 0.346. The lowest BCUT2D eigenvalue weighted by Gasteiger charge is -2.20. The number of imide groups is 1.